The number of hydrogen-bond donors (Lipinski definition) is 2. The van der Waals surface area contributed by atoms with Gasteiger partial charge in [0.25, 0.3) is 0 Å². The van der Waals surface area contributed by atoms with E-state index in [1.807, 2.05) is 37.3 Å². The maximum atomic E-state index is 12.2. The van der Waals surface area contributed by atoms with Gasteiger partial charge in [-0.15, -0.1) is 0 Å². The van der Waals surface area contributed by atoms with Crippen molar-refractivity contribution in [2.45, 2.75) is 33.2 Å². The second-order valence-electron chi connectivity index (χ2n) is 6.13. The summed E-state index contributed by atoms with van der Waals surface area (Å²) in [5.41, 5.74) is 4.28. The second-order valence-corrected chi connectivity index (χ2v) is 6.13. The van der Waals surface area contributed by atoms with Gasteiger partial charge >= 0.3 is 0 Å². The number of hydrogen-bond acceptors (Lipinski definition) is 4. The molecule has 5 nitrogen and oxygen atoms in total. The van der Waals surface area contributed by atoms with E-state index in [9.17, 15) is 4.79 Å². The van der Waals surface area contributed by atoms with Crippen molar-refractivity contribution in [3.8, 4) is 11.5 Å². The Morgan fingerprint density at radius 1 is 1.08 bits per heavy atom. The summed E-state index contributed by atoms with van der Waals surface area (Å²) in [5, 5.41) is 6.34. The SMILES string of the molecule is CCc1cccc(C)c1NC(=O)CCNCc1ccc(OC)c(OC)c1. The zero-order valence-electron chi connectivity index (χ0n) is 16.0. The van der Waals surface area contributed by atoms with Gasteiger partial charge in [-0.25, -0.2) is 0 Å². The highest BCUT2D eigenvalue weighted by Gasteiger charge is 2.09. The van der Waals surface area contributed by atoms with Crippen LogP contribution in [0.2, 0.25) is 0 Å². The molecule has 1 amide bonds. The quantitative estimate of drug-likeness (QED) is 0.673. The lowest BCUT2D eigenvalue weighted by atomic mass is 10.1. The van der Waals surface area contributed by atoms with Crippen LogP contribution in [0, 0.1) is 6.92 Å². The molecule has 0 saturated heterocycles. The molecule has 5 heteroatoms. The van der Waals surface area contributed by atoms with Crippen LogP contribution in [0.25, 0.3) is 0 Å². The van der Waals surface area contributed by atoms with Crippen LogP contribution in [0.3, 0.4) is 0 Å². The molecule has 2 N–H and O–H groups in total. The Labute approximate surface area is 155 Å². The van der Waals surface area contributed by atoms with E-state index in [2.05, 4.69) is 23.6 Å². The van der Waals surface area contributed by atoms with E-state index < -0.39 is 0 Å². The van der Waals surface area contributed by atoms with E-state index in [-0.39, 0.29) is 5.91 Å². The third-order valence-corrected chi connectivity index (χ3v) is 4.31. The van der Waals surface area contributed by atoms with Crippen LogP contribution >= 0.6 is 0 Å². The molecule has 26 heavy (non-hydrogen) atoms. The number of ether oxygens (including phenoxy) is 2. The molecule has 140 valence electrons. The van der Waals surface area contributed by atoms with Crippen molar-refractivity contribution in [3.05, 3.63) is 53.1 Å². The van der Waals surface area contributed by atoms with E-state index in [0.29, 0.717) is 31.0 Å². The molecule has 0 aliphatic rings. The fourth-order valence-corrected chi connectivity index (χ4v) is 2.83. The molecular weight excluding hydrogens is 328 g/mol. The number of anilines is 1. The molecule has 0 radical (unpaired) electrons. The molecule has 0 atom stereocenters. The highest BCUT2D eigenvalue weighted by atomic mass is 16.5. The molecule has 0 saturated carbocycles. The molecule has 0 heterocycles. The Hall–Kier alpha value is -2.53. The molecule has 0 aliphatic carbocycles. The van der Waals surface area contributed by atoms with E-state index in [4.69, 9.17) is 9.47 Å². The summed E-state index contributed by atoms with van der Waals surface area (Å²) < 4.78 is 10.5. The fraction of sp³-hybridized carbons (Fsp3) is 0.381. The van der Waals surface area contributed by atoms with Crippen molar-refractivity contribution in [1.82, 2.24) is 5.32 Å². The minimum Gasteiger partial charge on any atom is -0.493 e. The lowest BCUT2D eigenvalue weighted by molar-refractivity contribution is -0.116. The first kappa shape index (κ1) is 19.8. The van der Waals surface area contributed by atoms with Gasteiger partial charge in [0.1, 0.15) is 0 Å². The van der Waals surface area contributed by atoms with Crippen LogP contribution in [0.15, 0.2) is 36.4 Å². The van der Waals surface area contributed by atoms with E-state index >= 15 is 0 Å². The maximum absolute atomic E-state index is 12.2. The number of nitrogens with one attached hydrogen (secondary N) is 2. The number of benzene rings is 2. The van der Waals surface area contributed by atoms with E-state index in [1.54, 1.807) is 14.2 Å². The molecule has 0 fully saturated rings. The van der Waals surface area contributed by atoms with Crippen LogP contribution < -0.4 is 20.1 Å². The minimum absolute atomic E-state index is 0.0220. The van der Waals surface area contributed by atoms with Gasteiger partial charge in [0.05, 0.1) is 14.2 Å². The van der Waals surface area contributed by atoms with Gasteiger partial charge in [0.2, 0.25) is 5.91 Å². The molecule has 2 aromatic rings. The Morgan fingerprint density at radius 2 is 1.85 bits per heavy atom. The van der Waals surface area contributed by atoms with Crippen molar-refractivity contribution in [2.75, 3.05) is 26.1 Å². The number of aryl methyl sites for hydroxylation is 2. The summed E-state index contributed by atoms with van der Waals surface area (Å²) >= 11 is 0. The topological polar surface area (TPSA) is 59.6 Å². The Bertz CT molecular complexity index is 744. The number of rotatable bonds is 9. The van der Waals surface area contributed by atoms with E-state index in [0.717, 1.165) is 28.8 Å². The molecule has 0 bridgehead atoms. The molecule has 0 aliphatic heterocycles. The minimum atomic E-state index is 0.0220. The zero-order valence-corrected chi connectivity index (χ0v) is 16.0. The average Bonchev–Trinajstić information content (AvgIpc) is 2.66. The van der Waals surface area contributed by atoms with Gasteiger partial charge in [-0.1, -0.05) is 31.2 Å². The first-order valence-corrected chi connectivity index (χ1v) is 8.89. The van der Waals surface area contributed by atoms with Gasteiger partial charge in [0, 0.05) is 25.2 Å². The van der Waals surface area contributed by atoms with Crippen LogP contribution in [0.1, 0.15) is 30.0 Å². The molecule has 0 spiro atoms. The lowest BCUT2D eigenvalue weighted by Crippen LogP contribution is -2.22. The summed E-state index contributed by atoms with van der Waals surface area (Å²) in [6, 6.07) is 11.9. The smallest absolute Gasteiger partial charge is 0.225 e. The average molecular weight is 356 g/mol. The Kier molecular flexibility index (Phi) is 7.48. The Morgan fingerprint density at radius 3 is 2.54 bits per heavy atom. The van der Waals surface area contributed by atoms with Crippen molar-refractivity contribution in [1.29, 1.82) is 0 Å². The molecular formula is C21H28N2O3. The van der Waals surface area contributed by atoms with Crippen LogP contribution in [-0.2, 0) is 17.8 Å². The third-order valence-electron chi connectivity index (χ3n) is 4.31. The monoisotopic (exact) mass is 356 g/mol. The molecule has 2 rings (SSSR count). The highest BCUT2D eigenvalue weighted by molar-refractivity contribution is 5.92. The van der Waals surface area contributed by atoms with Crippen LogP contribution in [0.5, 0.6) is 11.5 Å². The number of carbonyl (C=O) groups is 1. The number of carbonyl (C=O) groups excluding carboxylic acids is 1. The first-order chi connectivity index (χ1) is 12.6. The summed E-state index contributed by atoms with van der Waals surface area (Å²) in [4.78, 5) is 12.2. The second kappa shape index (κ2) is 9.82. The Balaban J connectivity index is 1.82. The van der Waals surface area contributed by atoms with Crippen LogP contribution in [0.4, 0.5) is 5.69 Å². The van der Waals surface area contributed by atoms with Crippen molar-refractivity contribution in [2.24, 2.45) is 0 Å². The highest BCUT2D eigenvalue weighted by Crippen LogP contribution is 2.27. The van der Waals surface area contributed by atoms with Crippen molar-refractivity contribution < 1.29 is 14.3 Å². The van der Waals surface area contributed by atoms with Crippen LogP contribution in [-0.4, -0.2) is 26.7 Å². The number of para-hydroxylation sites is 1. The normalized spacial score (nSPS) is 10.5. The first-order valence-electron chi connectivity index (χ1n) is 8.89. The lowest BCUT2D eigenvalue weighted by Gasteiger charge is -2.13. The standard InChI is InChI=1S/C21H28N2O3/c1-5-17-8-6-7-15(2)21(17)23-20(24)11-12-22-14-16-9-10-18(25-3)19(13-16)26-4/h6-10,13,22H,5,11-12,14H2,1-4H3,(H,23,24). The zero-order chi connectivity index (χ0) is 18.9. The maximum Gasteiger partial charge on any atom is 0.225 e. The third kappa shape index (κ3) is 5.23. The summed E-state index contributed by atoms with van der Waals surface area (Å²) in [5.74, 6) is 1.44. The van der Waals surface area contributed by atoms with Gasteiger partial charge in [-0.3, -0.25) is 4.79 Å². The van der Waals surface area contributed by atoms with Crippen molar-refractivity contribution >= 4 is 11.6 Å². The van der Waals surface area contributed by atoms with E-state index in [1.165, 1.54) is 0 Å². The molecule has 0 unspecified atom stereocenters. The van der Waals surface area contributed by atoms with Crippen molar-refractivity contribution in [3.63, 3.8) is 0 Å². The van der Waals surface area contributed by atoms with Gasteiger partial charge < -0.3 is 20.1 Å². The molecule has 0 aromatic heterocycles. The van der Waals surface area contributed by atoms with Gasteiger partial charge in [-0.2, -0.15) is 0 Å². The largest absolute Gasteiger partial charge is 0.493 e. The predicted octanol–water partition coefficient (Wildman–Crippen LogP) is 3.69. The predicted molar refractivity (Wildman–Crippen MR) is 105 cm³/mol. The number of amides is 1. The summed E-state index contributed by atoms with van der Waals surface area (Å²) in [6.07, 6.45) is 1.32. The fourth-order valence-electron chi connectivity index (χ4n) is 2.83. The van der Waals surface area contributed by atoms with Gasteiger partial charge in [-0.05, 0) is 42.2 Å². The summed E-state index contributed by atoms with van der Waals surface area (Å²) in [7, 11) is 3.24. The number of methoxy groups -OCH3 is 2. The van der Waals surface area contributed by atoms with Gasteiger partial charge in [0.15, 0.2) is 11.5 Å². The molecule has 2 aromatic carbocycles. The summed E-state index contributed by atoms with van der Waals surface area (Å²) in [6.45, 7) is 5.38.